The van der Waals surface area contributed by atoms with E-state index in [9.17, 15) is 4.57 Å². The lowest BCUT2D eigenvalue weighted by atomic mass is 9.93. The number of nitrogens with zero attached hydrogens (tertiary/aromatic N) is 1. The van der Waals surface area contributed by atoms with Crippen LogP contribution in [-0.2, 0) is 4.57 Å². The number of hydrogen-bond acceptors (Lipinski definition) is 2. The molecule has 1 aromatic heterocycles. The summed E-state index contributed by atoms with van der Waals surface area (Å²) in [5.74, 6) is 0. The molecule has 0 atom stereocenters. The smallest absolute Gasteiger partial charge is 0.171 e. The Morgan fingerprint density at radius 1 is 0.413 bits per heavy atom. The first-order valence-electron chi connectivity index (χ1n) is 15.5. The van der Waals surface area contributed by atoms with Crippen molar-refractivity contribution >= 4 is 44.7 Å². The van der Waals surface area contributed by atoms with E-state index in [-0.39, 0.29) is 0 Å². The molecule has 0 bridgehead atoms. The van der Waals surface area contributed by atoms with E-state index in [4.69, 9.17) is 4.98 Å². The summed E-state index contributed by atoms with van der Waals surface area (Å²) in [6.07, 6.45) is 0. The third kappa shape index (κ3) is 4.94. The second-order valence-corrected chi connectivity index (χ2v) is 14.3. The monoisotopic (exact) mass is 607 g/mol. The van der Waals surface area contributed by atoms with Crippen LogP contribution >= 0.6 is 7.14 Å². The minimum absolute atomic E-state index is 0.823. The number of pyridine rings is 1. The highest BCUT2D eigenvalue weighted by Crippen LogP contribution is 2.43. The van der Waals surface area contributed by atoms with Crippen molar-refractivity contribution in [3.8, 4) is 33.5 Å². The van der Waals surface area contributed by atoms with E-state index in [1.165, 1.54) is 0 Å². The summed E-state index contributed by atoms with van der Waals surface area (Å²) in [7, 11) is -3.04. The van der Waals surface area contributed by atoms with Gasteiger partial charge in [-0.25, -0.2) is 4.98 Å². The van der Waals surface area contributed by atoms with Gasteiger partial charge in [0.2, 0.25) is 0 Å². The van der Waals surface area contributed by atoms with E-state index in [1.807, 2.05) is 78.9 Å². The van der Waals surface area contributed by atoms with Crippen LogP contribution < -0.4 is 15.9 Å². The molecule has 8 rings (SSSR count). The Bertz CT molecular complexity index is 2310. The van der Waals surface area contributed by atoms with Crippen molar-refractivity contribution in [2.24, 2.45) is 0 Å². The van der Waals surface area contributed by atoms with Crippen LogP contribution in [0.4, 0.5) is 0 Å². The Labute approximate surface area is 269 Å². The van der Waals surface area contributed by atoms with Gasteiger partial charge in [-0.1, -0.05) is 164 Å². The average molecular weight is 608 g/mol. The van der Waals surface area contributed by atoms with Gasteiger partial charge in [-0.15, -0.1) is 0 Å². The second-order valence-electron chi connectivity index (χ2n) is 11.5. The van der Waals surface area contributed by atoms with Crippen LogP contribution in [0.3, 0.4) is 0 Å². The van der Waals surface area contributed by atoms with E-state index in [2.05, 4.69) is 103 Å². The van der Waals surface area contributed by atoms with Gasteiger partial charge in [-0.3, -0.25) is 0 Å². The van der Waals surface area contributed by atoms with Crippen LogP contribution in [0.15, 0.2) is 182 Å². The zero-order chi connectivity index (χ0) is 30.9. The highest BCUT2D eigenvalue weighted by Gasteiger charge is 2.29. The fourth-order valence-electron chi connectivity index (χ4n) is 6.42. The van der Waals surface area contributed by atoms with Crippen molar-refractivity contribution in [2.75, 3.05) is 0 Å². The number of rotatable bonds is 6. The normalized spacial score (nSPS) is 11.6. The number of aromatic nitrogens is 1. The van der Waals surface area contributed by atoms with E-state index in [0.717, 1.165) is 71.1 Å². The predicted octanol–water partition coefficient (Wildman–Crippen LogP) is 10.0. The van der Waals surface area contributed by atoms with Crippen LogP contribution in [0.5, 0.6) is 0 Å². The van der Waals surface area contributed by atoms with Gasteiger partial charge in [-0.2, -0.15) is 0 Å². The molecule has 2 nitrogen and oxygen atoms in total. The molecule has 0 unspecified atom stereocenters. The van der Waals surface area contributed by atoms with Gasteiger partial charge < -0.3 is 4.57 Å². The molecular formula is C43H30NOP. The molecule has 0 aliphatic rings. The SMILES string of the molecule is O=P(c1ccccc1)(c1ccccc1)c1ccc(-c2ccc3ccc4nc(-c5ccccc5)cc(-c5ccccc5)c4c3c2)cc1. The molecule has 1 heterocycles. The molecule has 0 aliphatic carbocycles. The van der Waals surface area contributed by atoms with Crippen LogP contribution in [0.2, 0.25) is 0 Å². The third-order valence-corrected chi connectivity index (χ3v) is 11.8. The molecule has 3 heteroatoms. The van der Waals surface area contributed by atoms with E-state index >= 15 is 0 Å². The van der Waals surface area contributed by atoms with E-state index < -0.39 is 7.14 Å². The fraction of sp³-hybridized carbons (Fsp3) is 0. The van der Waals surface area contributed by atoms with Gasteiger partial charge in [0.1, 0.15) is 0 Å². The van der Waals surface area contributed by atoms with Gasteiger partial charge in [-0.05, 0) is 51.2 Å². The van der Waals surface area contributed by atoms with Gasteiger partial charge >= 0.3 is 0 Å². The van der Waals surface area contributed by atoms with Gasteiger partial charge in [0.25, 0.3) is 0 Å². The molecule has 0 N–H and O–H groups in total. The average Bonchev–Trinajstić information content (AvgIpc) is 3.15. The van der Waals surface area contributed by atoms with Crippen LogP contribution in [-0.4, -0.2) is 4.98 Å². The Morgan fingerprint density at radius 2 is 0.913 bits per heavy atom. The number of benzene rings is 7. The first-order chi connectivity index (χ1) is 22.7. The minimum Gasteiger partial charge on any atom is -0.309 e. The maximum atomic E-state index is 14.9. The van der Waals surface area contributed by atoms with Crippen molar-refractivity contribution in [3.63, 3.8) is 0 Å². The lowest BCUT2D eigenvalue weighted by Crippen LogP contribution is -2.24. The highest BCUT2D eigenvalue weighted by molar-refractivity contribution is 7.85. The maximum Gasteiger partial charge on any atom is 0.171 e. The first-order valence-corrected chi connectivity index (χ1v) is 17.2. The largest absolute Gasteiger partial charge is 0.309 e. The molecule has 7 aromatic carbocycles. The molecule has 0 amide bonds. The molecule has 8 aromatic rings. The summed E-state index contributed by atoms with van der Waals surface area (Å²) in [6.45, 7) is 0. The molecule has 218 valence electrons. The Kier molecular flexibility index (Phi) is 7.14. The quantitative estimate of drug-likeness (QED) is 0.139. The topological polar surface area (TPSA) is 30.0 Å². The summed E-state index contributed by atoms with van der Waals surface area (Å²) in [5, 5.41) is 5.95. The molecule has 0 spiro atoms. The Hall–Kier alpha value is -5.56. The van der Waals surface area contributed by atoms with Crippen molar-refractivity contribution in [1.82, 2.24) is 4.98 Å². The fourth-order valence-corrected chi connectivity index (χ4v) is 9.07. The highest BCUT2D eigenvalue weighted by atomic mass is 31.2. The lowest BCUT2D eigenvalue weighted by molar-refractivity contribution is 0.592. The standard InChI is InChI=1S/C43H30NOP/c45-46(36-17-9-3-10-18-36,37-19-11-4-12-20-37)38-26-23-31(24-27-38)35-22-21-33-25-28-41-43(39(33)29-35)40(32-13-5-1-6-14-32)30-42(44-41)34-15-7-2-8-16-34/h1-30H. The van der Waals surface area contributed by atoms with E-state index in [1.54, 1.807) is 0 Å². The van der Waals surface area contributed by atoms with Gasteiger partial charge in [0, 0.05) is 26.9 Å². The lowest BCUT2D eigenvalue weighted by Gasteiger charge is -2.20. The summed E-state index contributed by atoms with van der Waals surface area (Å²) in [4.78, 5) is 5.15. The molecule has 0 radical (unpaired) electrons. The van der Waals surface area contributed by atoms with Crippen LogP contribution in [0, 0.1) is 0 Å². The summed E-state index contributed by atoms with van der Waals surface area (Å²) >= 11 is 0. The van der Waals surface area contributed by atoms with Crippen molar-refractivity contribution < 1.29 is 4.57 Å². The molecule has 46 heavy (non-hydrogen) atoms. The number of fused-ring (bicyclic) bond motifs is 3. The summed E-state index contributed by atoms with van der Waals surface area (Å²) in [5.41, 5.74) is 7.52. The van der Waals surface area contributed by atoms with Crippen molar-refractivity contribution in [3.05, 3.63) is 182 Å². The predicted molar refractivity (Wildman–Crippen MR) is 195 cm³/mol. The van der Waals surface area contributed by atoms with Crippen LogP contribution in [0.1, 0.15) is 0 Å². The van der Waals surface area contributed by atoms with E-state index in [0.29, 0.717) is 0 Å². The zero-order valence-electron chi connectivity index (χ0n) is 25.1. The van der Waals surface area contributed by atoms with Crippen molar-refractivity contribution in [2.45, 2.75) is 0 Å². The maximum absolute atomic E-state index is 14.9. The summed E-state index contributed by atoms with van der Waals surface area (Å²) < 4.78 is 14.9. The Morgan fingerprint density at radius 3 is 1.52 bits per heavy atom. The molecule has 0 fully saturated rings. The van der Waals surface area contributed by atoms with Gasteiger partial charge in [0.05, 0.1) is 11.2 Å². The third-order valence-electron chi connectivity index (χ3n) is 8.75. The molecular weight excluding hydrogens is 577 g/mol. The van der Waals surface area contributed by atoms with Crippen molar-refractivity contribution in [1.29, 1.82) is 0 Å². The first kappa shape index (κ1) is 28.0. The molecule has 0 saturated heterocycles. The molecule has 0 aliphatic heterocycles. The second kappa shape index (κ2) is 11.7. The Balaban J connectivity index is 1.28. The van der Waals surface area contributed by atoms with Gasteiger partial charge in [0.15, 0.2) is 7.14 Å². The molecule has 0 saturated carbocycles. The zero-order valence-corrected chi connectivity index (χ0v) is 26.0. The number of hydrogen-bond donors (Lipinski definition) is 0. The minimum atomic E-state index is -3.04. The summed E-state index contributed by atoms with van der Waals surface area (Å²) in [6, 6.07) is 62.0. The van der Waals surface area contributed by atoms with Crippen LogP contribution in [0.25, 0.3) is 55.2 Å².